The lowest BCUT2D eigenvalue weighted by Gasteiger charge is -1.92. The Bertz CT molecular complexity index is 147. The molecule has 2 nitrogen and oxygen atoms in total. The third-order valence-electron chi connectivity index (χ3n) is 1.20. The fourth-order valence-corrected chi connectivity index (χ4v) is 0.990. The van der Waals surface area contributed by atoms with Crippen LogP contribution in [0.3, 0.4) is 0 Å². The molecular formula is C5H6N2S. The Hall–Kier alpha value is -0.620. The van der Waals surface area contributed by atoms with Gasteiger partial charge in [-0.3, -0.25) is 0 Å². The highest BCUT2D eigenvalue weighted by Gasteiger charge is 2.18. The molecule has 0 spiro atoms. The van der Waals surface area contributed by atoms with Crippen molar-refractivity contribution in [2.45, 2.75) is 6.42 Å². The zero-order valence-corrected chi connectivity index (χ0v) is 5.16. The van der Waals surface area contributed by atoms with Crippen molar-refractivity contribution in [3.05, 3.63) is 0 Å². The number of hydrogen-bond donors (Lipinski definition) is 1. The molecule has 1 fully saturated rings. The smallest absolute Gasteiger partial charge is 0.0981 e. The van der Waals surface area contributed by atoms with E-state index in [1.165, 1.54) is 0 Å². The van der Waals surface area contributed by atoms with E-state index in [0.717, 1.165) is 13.0 Å². The Morgan fingerprint density at radius 1 is 1.88 bits per heavy atom. The van der Waals surface area contributed by atoms with Crippen LogP contribution in [0.2, 0.25) is 0 Å². The second kappa shape index (κ2) is 2.10. The highest BCUT2D eigenvalue weighted by atomic mass is 32.1. The number of nitrogens with one attached hydrogen (secondary N) is 1. The van der Waals surface area contributed by atoms with Gasteiger partial charge in [-0.15, -0.1) is 0 Å². The fourth-order valence-electron chi connectivity index (χ4n) is 0.717. The molecule has 1 atom stereocenters. The van der Waals surface area contributed by atoms with Gasteiger partial charge in [0.15, 0.2) is 0 Å². The molecule has 0 bridgehead atoms. The summed E-state index contributed by atoms with van der Waals surface area (Å²) in [6.45, 7) is 0.872. The van der Waals surface area contributed by atoms with Crippen molar-refractivity contribution >= 4 is 17.2 Å². The highest BCUT2D eigenvalue weighted by molar-refractivity contribution is 7.80. The number of nitriles is 1. The third kappa shape index (κ3) is 0.797. The predicted molar refractivity (Wildman–Crippen MR) is 34.3 cm³/mol. The van der Waals surface area contributed by atoms with Crippen LogP contribution in [0, 0.1) is 17.2 Å². The molecule has 1 heterocycles. The van der Waals surface area contributed by atoms with Crippen LogP contribution < -0.4 is 5.32 Å². The molecule has 0 aromatic heterocycles. The average Bonchev–Trinajstić information content (AvgIpc) is 2.14. The maximum atomic E-state index is 8.36. The van der Waals surface area contributed by atoms with Crippen LogP contribution in [-0.4, -0.2) is 11.5 Å². The minimum absolute atomic E-state index is 0.00926. The van der Waals surface area contributed by atoms with Gasteiger partial charge in [-0.05, 0) is 6.42 Å². The second-order valence-electron chi connectivity index (χ2n) is 1.76. The Morgan fingerprint density at radius 3 is 2.88 bits per heavy atom. The van der Waals surface area contributed by atoms with Crippen molar-refractivity contribution < 1.29 is 0 Å². The molecule has 1 rings (SSSR count). The number of hydrogen-bond acceptors (Lipinski definition) is 2. The molecule has 0 aromatic carbocycles. The first-order chi connectivity index (χ1) is 3.84. The Morgan fingerprint density at radius 2 is 2.62 bits per heavy atom. The van der Waals surface area contributed by atoms with Crippen LogP contribution in [-0.2, 0) is 0 Å². The van der Waals surface area contributed by atoms with Gasteiger partial charge in [0, 0.05) is 6.54 Å². The summed E-state index contributed by atoms with van der Waals surface area (Å²) >= 11 is 4.81. The van der Waals surface area contributed by atoms with E-state index >= 15 is 0 Å². The molecule has 1 saturated heterocycles. The molecule has 3 heteroatoms. The van der Waals surface area contributed by atoms with E-state index in [2.05, 4.69) is 11.4 Å². The van der Waals surface area contributed by atoms with Crippen LogP contribution in [0.15, 0.2) is 0 Å². The van der Waals surface area contributed by atoms with Gasteiger partial charge in [0.1, 0.15) is 0 Å². The molecule has 1 aliphatic rings. The second-order valence-corrected chi connectivity index (χ2v) is 2.20. The summed E-state index contributed by atoms with van der Waals surface area (Å²) in [4.78, 5) is 0.715. The Balaban J connectivity index is 2.58. The van der Waals surface area contributed by atoms with Crippen LogP contribution in [0.4, 0.5) is 0 Å². The molecule has 0 radical (unpaired) electrons. The standard InChI is InChI=1S/C5H6N2S/c6-3-4-1-2-7-5(4)8/h4H,1-2H2,(H,7,8). The average molecular weight is 126 g/mol. The van der Waals surface area contributed by atoms with Crippen molar-refractivity contribution in [3.8, 4) is 6.07 Å². The zero-order chi connectivity index (χ0) is 5.98. The van der Waals surface area contributed by atoms with Gasteiger partial charge in [-0.25, -0.2) is 0 Å². The monoisotopic (exact) mass is 126 g/mol. The van der Waals surface area contributed by atoms with E-state index < -0.39 is 0 Å². The van der Waals surface area contributed by atoms with E-state index in [-0.39, 0.29) is 5.92 Å². The SMILES string of the molecule is N#CC1CCNC1=S. The molecule has 1 N–H and O–H groups in total. The van der Waals surface area contributed by atoms with E-state index in [0.29, 0.717) is 4.99 Å². The van der Waals surface area contributed by atoms with Crippen molar-refractivity contribution in [1.82, 2.24) is 5.32 Å². The lowest BCUT2D eigenvalue weighted by atomic mass is 10.1. The van der Waals surface area contributed by atoms with Crippen LogP contribution in [0.1, 0.15) is 6.42 Å². The molecule has 42 valence electrons. The van der Waals surface area contributed by atoms with Crippen LogP contribution >= 0.6 is 12.2 Å². The van der Waals surface area contributed by atoms with Crippen molar-refractivity contribution in [1.29, 1.82) is 5.26 Å². The number of nitrogens with zero attached hydrogens (tertiary/aromatic N) is 1. The molecule has 0 saturated carbocycles. The van der Waals surface area contributed by atoms with E-state index in [9.17, 15) is 0 Å². The summed E-state index contributed by atoms with van der Waals surface area (Å²) < 4.78 is 0. The Labute approximate surface area is 53.5 Å². The predicted octanol–water partition coefficient (Wildman–Crippen LogP) is 0.447. The summed E-state index contributed by atoms with van der Waals surface area (Å²) in [7, 11) is 0. The minimum atomic E-state index is -0.00926. The maximum absolute atomic E-state index is 8.36. The largest absolute Gasteiger partial charge is 0.379 e. The molecule has 8 heavy (non-hydrogen) atoms. The van der Waals surface area contributed by atoms with Gasteiger partial charge < -0.3 is 5.32 Å². The zero-order valence-electron chi connectivity index (χ0n) is 4.35. The number of rotatable bonds is 0. The van der Waals surface area contributed by atoms with Crippen molar-refractivity contribution in [2.75, 3.05) is 6.54 Å². The highest BCUT2D eigenvalue weighted by Crippen LogP contribution is 2.07. The van der Waals surface area contributed by atoms with E-state index in [4.69, 9.17) is 17.5 Å². The summed E-state index contributed by atoms with van der Waals surface area (Å²) in [5.74, 6) is -0.00926. The molecule has 1 aliphatic heterocycles. The Kier molecular flexibility index (Phi) is 1.45. The molecule has 1 unspecified atom stereocenters. The molecule has 0 aliphatic carbocycles. The third-order valence-corrected chi connectivity index (χ3v) is 1.63. The maximum Gasteiger partial charge on any atom is 0.0981 e. The fraction of sp³-hybridized carbons (Fsp3) is 0.600. The van der Waals surface area contributed by atoms with Crippen LogP contribution in [0.5, 0.6) is 0 Å². The molecular weight excluding hydrogens is 120 g/mol. The lowest BCUT2D eigenvalue weighted by Crippen LogP contribution is -2.15. The normalized spacial score (nSPS) is 26.9. The van der Waals surface area contributed by atoms with Gasteiger partial charge in [0.25, 0.3) is 0 Å². The first-order valence-corrected chi connectivity index (χ1v) is 2.93. The number of thiocarbonyl (C=S) groups is 1. The first kappa shape index (κ1) is 5.52. The minimum Gasteiger partial charge on any atom is -0.379 e. The summed E-state index contributed by atoms with van der Waals surface area (Å²) in [6, 6.07) is 2.11. The van der Waals surface area contributed by atoms with Crippen molar-refractivity contribution in [3.63, 3.8) is 0 Å². The van der Waals surface area contributed by atoms with Gasteiger partial charge in [0.05, 0.1) is 17.0 Å². The summed E-state index contributed by atoms with van der Waals surface area (Å²) in [5.41, 5.74) is 0. The van der Waals surface area contributed by atoms with Crippen molar-refractivity contribution in [2.24, 2.45) is 5.92 Å². The molecule has 0 aromatic rings. The van der Waals surface area contributed by atoms with Gasteiger partial charge >= 0.3 is 0 Å². The van der Waals surface area contributed by atoms with Gasteiger partial charge in [0.2, 0.25) is 0 Å². The van der Waals surface area contributed by atoms with Gasteiger partial charge in [-0.2, -0.15) is 5.26 Å². The van der Waals surface area contributed by atoms with E-state index in [1.54, 1.807) is 0 Å². The summed E-state index contributed by atoms with van der Waals surface area (Å²) in [6.07, 6.45) is 0.884. The van der Waals surface area contributed by atoms with Gasteiger partial charge in [-0.1, -0.05) is 12.2 Å². The summed E-state index contributed by atoms with van der Waals surface area (Å²) in [5, 5.41) is 11.3. The lowest BCUT2D eigenvalue weighted by molar-refractivity contribution is 0.829. The van der Waals surface area contributed by atoms with E-state index in [1.807, 2.05) is 0 Å². The topological polar surface area (TPSA) is 35.8 Å². The quantitative estimate of drug-likeness (QED) is 0.478. The van der Waals surface area contributed by atoms with Crippen LogP contribution in [0.25, 0.3) is 0 Å². The first-order valence-electron chi connectivity index (χ1n) is 2.52. The molecule has 0 amide bonds.